The molecular weight excluding hydrogens is 1590 g/mol. The fraction of sp³-hybridized carbons (Fsp3) is 0.286. The van der Waals surface area contributed by atoms with E-state index < -0.39 is 0 Å². The van der Waals surface area contributed by atoms with Crippen molar-refractivity contribution in [2.75, 3.05) is 101 Å². The van der Waals surface area contributed by atoms with E-state index in [9.17, 15) is 19.2 Å². The summed E-state index contributed by atoms with van der Waals surface area (Å²) >= 11 is 0. The predicted molar refractivity (Wildman–Crippen MR) is 457 cm³/mol. The Morgan fingerprint density at radius 1 is 0.508 bits per heavy atom. The maximum Gasteiger partial charge on any atom is 0.264 e. The number of nitrogens with one attached hydrogen (secondary N) is 8. The normalized spacial score (nSPS) is 15.0. The van der Waals surface area contributed by atoms with Crippen molar-refractivity contribution in [3.05, 3.63) is 178 Å². The number of ether oxygens (including phenoxy) is 7. The van der Waals surface area contributed by atoms with Crippen molar-refractivity contribution in [1.29, 1.82) is 0 Å². The van der Waals surface area contributed by atoms with Gasteiger partial charge in [0.05, 0.1) is 170 Å². The van der Waals surface area contributed by atoms with Crippen LogP contribution in [0.15, 0.2) is 128 Å². The first kappa shape index (κ1) is 79.5. The lowest BCUT2D eigenvalue weighted by molar-refractivity contribution is 0.0809. The molecule has 1 saturated carbocycles. The number of allylic oxidation sites excluding steroid dienone is 1. The topological polar surface area (TPSA) is 444 Å². The summed E-state index contributed by atoms with van der Waals surface area (Å²) in [6.07, 6.45) is 11.6. The standard InChI is InChI=1S/C22H21N9O2.C21H21N7O2.C21H22N6O4.C20H21N7O3/c1-30-9-23-20-14(22(30)32)15(16-21(28-20)27-18(26-16)11-7-8-11)25-13-6-4-5-12(17(13)33-3)19-24-10-31(2)29-19;1-11-8-13-17(16-15(25-20(13)23-11)9-27(2)21(16)29)24-14-7-5-6-12(18(14)30-4)19-22-10-28(3)26-19;1-27-11-23-20(26-27)13-4-3-5-14(19(13)29-2)24-15-8-17(31-12-6-7-30-10-12)25-16-9-22-21(28)18(15)16;1-26-9-13-14(20(26)28)15(17-19(24-13)21-7-8-30-17)23-12-6-4-5-11(16(12)29-3)18-22-10-27(2)25-18/h4-6,9-11H,7-8H2,1-3H3,(H2,25,26,27,28);5-7,10H,1,8-9H2,2-4H3,(H2,23,24,25);3-5,8,11-12H,6-7,9-10H2,1-2H3,(H,22,28)(H,24,25);4-6,10H,7-9H2,1-3H3,(H2,21,23,24). The van der Waals surface area contributed by atoms with Crippen LogP contribution in [0.4, 0.5) is 57.1 Å². The van der Waals surface area contributed by atoms with Crippen LogP contribution >= 0.6 is 0 Å². The number of anilines is 10. The van der Waals surface area contributed by atoms with Gasteiger partial charge in [0.15, 0.2) is 69.2 Å². The number of imidazole rings is 1. The van der Waals surface area contributed by atoms with Gasteiger partial charge in [-0.25, -0.2) is 49.8 Å². The zero-order valence-electron chi connectivity index (χ0n) is 69.4. The van der Waals surface area contributed by atoms with Crippen molar-refractivity contribution >= 4 is 97.1 Å². The zero-order valence-corrected chi connectivity index (χ0v) is 69.4. The number of amides is 3. The van der Waals surface area contributed by atoms with Gasteiger partial charge in [0.25, 0.3) is 23.3 Å². The van der Waals surface area contributed by atoms with E-state index >= 15 is 0 Å². The van der Waals surface area contributed by atoms with Gasteiger partial charge in [0.2, 0.25) is 5.88 Å². The van der Waals surface area contributed by atoms with E-state index in [0.717, 1.165) is 81.5 Å². The molecule has 21 rings (SSSR count). The van der Waals surface area contributed by atoms with Crippen LogP contribution in [0.2, 0.25) is 0 Å². The molecule has 0 bridgehead atoms. The fourth-order valence-electron chi connectivity index (χ4n) is 15.5. The quantitative estimate of drug-likeness (QED) is 0.0373. The summed E-state index contributed by atoms with van der Waals surface area (Å²) < 4.78 is 48.1. The van der Waals surface area contributed by atoms with Gasteiger partial charge in [-0.05, 0) is 61.4 Å². The minimum absolute atomic E-state index is 0.0449. The monoisotopic (exact) mass is 1680 g/mol. The third kappa shape index (κ3) is 15.1. The molecule has 40 nitrogen and oxygen atoms in total. The van der Waals surface area contributed by atoms with E-state index in [4.69, 9.17) is 33.2 Å². The second-order valence-electron chi connectivity index (χ2n) is 30.2. The Kier molecular flexibility index (Phi) is 21.0. The number of hydrogen-bond donors (Lipinski definition) is 8. The Morgan fingerprint density at radius 3 is 1.52 bits per heavy atom. The second-order valence-corrected chi connectivity index (χ2v) is 30.2. The van der Waals surface area contributed by atoms with E-state index in [-0.39, 0.29) is 29.4 Å². The summed E-state index contributed by atoms with van der Waals surface area (Å²) in [6.45, 7) is 7.66. The third-order valence-corrected chi connectivity index (χ3v) is 21.5. The van der Waals surface area contributed by atoms with Crippen LogP contribution in [0.25, 0.3) is 67.7 Å². The summed E-state index contributed by atoms with van der Waals surface area (Å²) in [7, 11) is 18.8. The number of nitrogens with zero attached hydrogens (tertiary/aromatic N) is 21. The smallest absolute Gasteiger partial charge is 0.264 e. The highest BCUT2D eigenvalue weighted by Gasteiger charge is 2.38. The van der Waals surface area contributed by atoms with Crippen LogP contribution in [-0.2, 0) is 66.0 Å². The number of carbonyl (C=O) groups is 3. The molecule has 40 heteroatoms. The molecule has 0 radical (unpaired) electrons. The van der Waals surface area contributed by atoms with Crippen LogP contribution in [0.3, 0.4) is 0 Å². The number of aryl methyl sites for hydroxylation is 5. The lowest BCUT2D eigenvalue weighted by Gasteiger charge is -2.24. The molecule has 4 aromatic carbocycles. The van der Waals surface area contributed by atoms with Crippen molar-refractivity contribution in [3.8, 4) is 80.2 Å². The number of benzene rings is 4. The zero-order chi connectivity index (χ0) is 85.9. The second kappa shape index (κ2) is 32.8. The van der Waals surface area contributed by atoms with Gasteiger partial charge < -0.3 is 89.7 Å². The highest BCUT2D eigenvalue weighted by atomic mass is 16.6. The number of fused-ring (bicyclic) bond motifs is 7. The molecule has 3 amide bonds. The van der Waals surface area contributed by atoms with Crippen molar-refractivity contribution in [2.24, 2.45) is 35.2 Å². The van der Waals surface area contributed by atoms with Crippen molar-refractivity contribution < 1.29 is 47.5 Å². The number of rotatable bonds is 19. The van der Waals surface area contributed by atoms with E-state index in [1.807, 2.05) is 93.9 Å². The van der Waals surface area contributed by atoms with E-state index in [2.05, 4.69) is 119 Å². The molecule has 1 unspecified atom stereocenters. The summed E-state index contributed by atoms with van der Waals surface area (Å²) in [5.41, 5.74) is 15.0. The molecule has 124 heavy (non-hydrogen) atoms. The van der Waals surface area contributed by atoms with Crippen molar-refractivity contribution in [2.45, 2.75) is 57.3 Å². The van der Waals surface area contributed by atoms with Gasteiger partial charge in [0.1, 0.15) is 66.3 Å². The van der Waals surface area contributed by atoms with E-state index in [1.165, 1.54) is 10.9 Å². The van der Waals surface area contributed by atoms with Gasteiger partial charge in [-0.2, -0.15) is 20.4 Å². The SMILES string of the molecule is C=C1Cc2c(nc3c(c2Nc2cccc(-c4ncn(C)n4)c2OC)C(=O)N(C)C3)N1.COc1c(Nc2c3[nH]c(C4CC4)nc3nc3ncn(C)c(=O)c23)cccc1-c1ncn(C)n1.COc1c(Nc2c3c(nc4c2C(=O)N(C)C4)NCCO3)cccc1-c1ncn(C)n1.COc1c(Nc2cc(OC3CCOC3)nc3c2C(=O)NC3)cccc1-c1ncn(C)n1. The number of methoxy groups -OCH3 is 4. The summed E-state index contributed by atoms with van der Waals surface area (Å²) in [5.74, 6) is 7.82. The van der Waals surface area contributed by atoms with Gasteiger partial charge in [-0.3, -0.25) is 37.9 Å². The number of pyridine rings is 4. The Bertz CT molecular complexity index is 6680. The molecule has 1 atom stereocenters. The minimum atomic E-state index is -0.207. The fourth-order valence-corrected chi connectivity index (χ4v) is 15.5. The number of H-pyrrole nitrogens is 1. The van der Waals surface area contributed by atoms with Gasteiger partial charge in [-0.1, -0.05) is 30.8 Å². The minimum Gasteiger partial charge on any atom is -0.494 e. The van der Waals surface area contributed by atoms with Crippen LogP contribution in [0.5, 0.6) is 34.6 Å². The molecule has 1 saturated heterocycles. The number of para-hydroxylation sites is 4. The predicted octanol–water partition coefficient (Wildman–Crippen LogP) is 9.39. The molecule has 14 aromatic rings. The van der Waals surface area contributed by atoms with Crippen molar-refractivity contribution in [3.63, 3.8) is 0 Å². The number of carbonyl (C=O) groups excluding carboxylic acids is 3. The van der Waals surface area contributed by atoms with E-state index in [1.54, 1.807) is 117 Å². The molecule has 6 aliphatic heterocycles. The van der Waals surface area contributed by atoms with Gasteiger partial charge in [-0.15, -0.1) is 0 Å². The lowest BCUT2D eigenvalue weighted by atomic mass is 10.0. The molecule has 632 valence electrons. The Labute approximate surface area is 706 Å². The number of aromatic amines is 1. The average Bonchev–Trinajstić information content (AvgIpc) is 1.58. The maximum absolute atomic E-state index is 13.1. The van der Waals surface area contributed by atoms with Crippen LogP contribution in [0.1, 0.15) is 84.7 Å². The molecule has 8 N–H and O–H groups in total. The molecule has 0 spiro atoms. The largest absolute Gasteiger partial charge is 0.494 e. The van der Waals surface area contributed by atoms with Gasteiger partial charge >= 0.3 is 0 Å². The van der Waals surface area contributed by atoms with Crippen LogP contribution in [-0.4, -0.2) is 201 Å². The lowest BCUT2D eigenvalue weighted by Crippen LogP contribution is -2.22. The molecule has 1 aliphatic carbocycles. The molecule has 2 fully saturated rings. The molecule has 16 heterocycles. The molecular formula is C84H85N29O11. The number of aromatic nitrogens is 20. The summed E-state index contributed by atoms with van der Waals surface area (Å²) in [4.78, 5) is 103. The highest BCUT2D eigenvalue weighted by molar-refractivity contribution is 6.09. The van der Waals surface area contributed by atoms with Gasteiger partial charge in [0, 0.05) is 85.4 Å². The number of hydrogen-bond acceptors (Lipinski definition) is 31. The van der Waals surface area contributed by atoms with Crippen LogP contribution < -0.4 is 71.2 Å². The Hall–Kier alpha value is -15.6. The summed E-state index contributed by atoms with van der Waals surface area (Å²) in [5, 5.41) is 40.8. The van der Waals surface area contributed by atoms with E-state index in [0.29, 0.717) is 206 Å². The third-order valence-electron chi connectivity index (χ3n) is 21.5. The Balaban J connectivity index is 0.000000113. The Morgan fingerprint density at radius 2 is 1.02 bits per heavy atom. The van der Waals surface area contributed by atoms with Crippen molar-refractivity contribution in [1.82, 2.24) is 114 Å². The first-order valence-corrected chi connectivity index (χ1v) is 39.6. The first-order chi connectivity index (χ1) is 60.2. The average molecular weight is 1680 g/mol. The summed E-state index contributed by atoms with van der Waals surface area (Å²) in [6, 6.07) is 24.4. The molecule has 10 aromatic heterocycles. The first-order valence-electron chi connectivity index (χ1n) is 39.6. The van der Waals surface area contributed by atoms with Crippen LogP contribution in [0, 0.1) is 0 Å². The maximum atomic E-state index is 13.1. The molecule has 7 aliphatic rings. The highest BCUT2D eigenvalue weighted by Crippen LogP contribution is 2.49.